The van der Waals surface area contributed by atoms with Gasteiger partial charge in [-0.15, -0.1) is 0 Å². The lowest BCUT2D eigenvalue weighted by atomic mass is 9.95. The number of hydrogen-bond donors (Lipinski definition) is 0. The van der Waals surface area contributed by atoms with Crippen LogP contribution in [0.25, 0.3) is 0 Å². The van der Waals surface area contributed by atoms with Crippen LogP contribution in [0.4, 0.5) is 0 Å². The van der Waals surface area contributed by atoms with Crippen LogP contribution in [0.5, 0.6) is 5.75 Å². The lowest BCUT2D eigenvalue weighted by molar-refractivity contribution is -0.135. The van der Waals surface area contributed by atoms with Crippen LogP contribution in [-0.2, 0) is 11.2 Å². The van der Waals surface area contributed by atoms with Crippen LogP contribution in [-0.4, -0.2) is 31.0 Å². The van der Waals surface area contributed by atoms with Crippen molar-refractivity contribution < 1.29 is 9.53 Å². The van der Waals surface area contributed by atoms with Gasteiger partial charge in [0.15, 0.2) is 0 Å². The fraction of sp³-hybridized carbons (Fsp3) is 0.529. The van der Waals surface area contributed by atoms with Crippen molar-refractivity contribution in [3.8, 4) is 11.8 Å². The number of nitrogens with zero attached hydrogens (tertiary/aromatic N) is 2. The van der Waals surface area contributed by atoms with Crippen molar-refractivity contribution in [3.05, 3.63) is 28.8 Å². The zero-order valence-corrected chi connectivity index (χ0v) is 13.8. The minimum Gasteiger partial charge on any atom is -0.496 e. The molecular formula is C17H21ClN2O2. The van der Waals surface area contributed by atoms with Gasteiger partial charge in [-0.05, 0) is 42.5 Å². The Hall–Kier alpha value is -1.73. The second-order valence-electron chi connectivity index (χ2n) is 5.85. The number of rotatable bonds is 4. The molecule has 118 valence electrons. The number of methoxy groups -OCH3 is 1. The molecule has 1 aliphatic heterocycles. The zero-order chi connectivity index (χ0) is 16.1. The molecule has 0 spiro atoms. The second kappa shape index (κ2) is 7.51. The molecule has 1 saturated heterocycles. The van der Waals surface area contributed by atoms with Crippen molar-refractivity contribution in [2.75, 3.05) is 20.2 Å². The van der Waals surface area contributed by atoms with Gasteiger partial charge in [0.2, 0.25) is 5.91 Å². The predicted molar refractivity (Wildman–Crippen MR) is 85.8 cm³/mol. The van der Waals surface area contributed by atoms with Crippen LogP contribution in [0.2, 0.25) is 5.02 Å². The van der Waals surface area contributed by atoms with E-state index in [0.717, 1.165) is 31.5 Å². The Kier molecular flexibility index (Phi) is 5.68. The van der Waals surface area contributed by atoms with E-state index in [0.29, 0.717) is 23.1 Å². The van der Waals surface area contributed by atoms with Gasteiger partial charge in [0.1, 0.15) is 11.7 Å². The number of hydrogen-bond acceptors (Lipinski definition) is 3. The maximum absolute atomic E-state index is 12.6. The summed E-state index contributed by atoms with van der Waals surface area (Å²) in [4.78, 5) is 14.4. The molecule has 1 atom stereocenters. The maximum Gasteiger partial charge on any atom is 0.240 e. The molecule has 0 radical (unpaired) electrons. The summed E-state index contributed by atoms with van der Waals surface area (Å²) in [5.41, 5.74) is 0.792. The largest absolute Gasteiger partial charge is 0.496 e. The van der Waals surface area contributed by atoms with Crippen molar-refractivity contribution >= 4 is 17.5 Å². The molecule has 0 saturated carbocycles. The highest BCUT2D eigenvalue weighted by molar-refractivity contribution is 6.30. The Morgan fingerprint density at radius 2 is 2.18 bits per heavy atom. The average Bonchev–Trinajstić information content (AvgIpc) is 2.53. The summed E-state index contributed by atoms with van der Waals surface area (Å²) < 4.78 is 5.29. The number of likely N-dealkylation sites (tertiary alicyclic amines) is 1. The second-order valence-corrected chi connectivity index (χ2v) is 6.29. The van der Waals surface area contributed by atoms with E-state index in [-0.39, 0.29) is 5.91 Å². The lowest BCUT2D eigenvalue weighted by Crippen LogP contribution is -2.41. The van der Waals surface area contributed by atoms with Crippen LogP contribution in [0.15, 0.2) is 18.2 Å². The summed E-state index contributed by atoms with van der Waals surface area (Å²) in [6, 6.07) is 7.40. The fourth-order valence-corrected chi connectivity index (χ4v) is 2.96. The third-order valence-corrected chi connectivity index (χ3v) is 4.45. The Bertz CT molecular complexity index is 575. The van der Waals surface area contributed by atoms with E-state index in [1.165, 1.54) is 0 Å². The average molecular weight is 321 g/mol. The minimum atomic E-state index is -0.694. The number of amides is 1. The first-order valence-electron chi connectivity index (χ1n) is 7.56. The first-order chi connectivity index (χ1) is 10.5. The number of carbonyl (C=O) groups excluding carboxylic acids is 1. The van der Waals surface area contributed by atoms with Gasteiger partial charge in [-0.1, -0.05) is 18.5 Å². The number of nitriles is 1. The molecule has 1 aromatic carbocycles. The van der Waals surface area contributed by atoms with Gasteiger partial charge < -0.3 is 9.64 Å². The summed E-state index contributed by atoms with van der Waals surface area (Å²) in [6.07, 6.45) is 2.33. The highest BCUT2D eigenvalue weighted by Crippen LogP contribution is 2.26. The van der Waals surface area contributed by atoms with E-state index in [1.807, 2.05) is 4.90 Å². The number of piperidine rings is 1. The molecule has 22 heavy (non-hydrogen) atoms. The first-order valence-corrected chi connectivity index (χ1v) is 7.93. The molecule has 2 rings (SSSR count). The van der Waals surface area contributed by atoms with E-state index in [9.17, 15) is 10.1 Å². The van der Waals surface area contributed by atoms with Gasteiger partial charge in [0, 0.05) is 24.5 Å². The summed E-state index contributed by atoms with van der Waals surface area (Å²) >= 11 is 6.01. The highest BCUT2D eigenvalue weighted by atomic mass is 35.5. The van der Waals surface area contributed by atoms with Gasteiger partial charge in [-0.3, -0.25) is 4.79 Å². The standard InChI is InChI=1S/C17H21ClN2O2/c1-12-5-7-20(8-6-12)17(21)14(11-19)9-13-10-15(18)3-4-16(13)22-2/h3-4,10,12,14H,5-9H2,1-2H3. The molecule has 1 amide bonds. The molecule has 1 aromatic rings. The van der Waals surface area contributed by atoms with Gasteiger partial charge in [-0.2, -0.15) is 5.26 Å². The number of benzene rings is 1. The summed E-state index contributed by atoms with van der Waals surface area (Å²) in [5, 5.41) is 9.98. The summed E-state index contributed by atoms with van der Waals surface area (Å²) in [6.45, 7) is 3.68. The van der Waals surface area contributed by atoms with E-state index >= 15 is 0 Å². The number of halogens is 1. The predicted octanol–water partition coefficient (Wildman–Crippen LogP) is 3.29. The molecule has 1 fully saturated rings. The van der Waals surface area contributed by atoms with Crippen molar-refractivity contribution in [2.24, 2.45) is 11.8 Å². The van der Waals surface area contributed by atoms with Gasteiger partial charge in [-0.25, -0.2) is 0 Å². The molecule has 0 aromatic heterocycles. The Labute approximate surface area is 136 Å². The molecule has 0 aliphatic carbocycles. The molecule has 4 nitrogen and oxygen atoms in total. The van der Waals surface area contributed by atoms with Crippen LogP contribution >= 0.6 is 11.6 Å². The third kappa shape index (κ3) is 3.92. The van der Waals surface area contributed by atoms with Gasteiger partial charge >= 0.3 is 0 Å². The minimum absolute atomic E-state index is 0.0866. The third-order valence-electron chi connectivity index (χ3n) is 4.22. The van der Waals surface area contributed by atoms with E-state index in [2.05, 4.69) is 13.0 Å². The summed E-state index contributed by atoms with van der Waals surface area (Å²) in [5.74, 6) is 0.527. The quantitative estimate of drug-likeness (QED) is 0.855. The van der Waals surface area contributed by atoms with Crippen molar-refractivity contribution in [1.29, 1.82) is 5.26 Å². The number of carbonyl (C=O) groups is 1. The Morgan fingerprint density at radius 1 is 1.50 bits per heavy atom. The molecule has 5 heteroatoms. The van der Waals surface area contributed by atoms with E-state index in [4.69, 9.17) is 16.3 Å². The Morgan fingerprint density at radius 3 is 2.77 bits per heavy atom. The maximum atomic E-state index is 12.6. The SMILES string of the molecule is COc1ccc(Cl)cc1CC(C#N)C(=O)N1CCC(C)CC1. The van der Waals surface area contributed by atoms with Crippen LogP contribution in [0.1, 0.15) is 25.3 Å². The van der Waals surface area contributed by atoms with E-state index in [1.54, 1.807) is 25.3 Å². The Balaban J connectivity index is 2.11. The van der Waals surface area contributed by atoms with Crippen LogP contribution in [0.3, 0.4) is 0 Å². The zero-order valence-electron chi connectivity index (χ0n) is 13.0. The normalized spacial score (nSPS) is 16.9. The first kappa shape index (κ1) is 16.6. The van der Waals surface area contributed by atoms with Crippen molar-refractivity contribution in [3.63, 3.8) is 0 Å². The molecule has 1 unspecified atom stereocenters. The number of ether oxygens (including phenoxy) is 1. The topological polar surface area (TPSA) is 53.3 Å². The fourth-order valence-electron chi connectivity index (χ4n) is 2.76. The molecule has 0 N–H and O–H groups in total. The van der Waals surface area contributed by atoms with Crippen molar-refractivity contribution in [2.45, 2.75) is 26.2 Å². The van der Waals surface area contributed by atoms with Crippen LogP contribution in [0, 0.1) is 23.2 Å². The lowest BCUT2D eigenvalue weighted by Gasteiger charge is -2.31. The smallest absolute Gasteiger partial charge is 0.240 e. The molecular weight excluding hydrogens is 300 g/mol. The van der Waals surface area contributed by atoms with E-state index < -0.39 is 5.92 Å². The molecule has 1 heterocycles. The van der Waals surface area contributed by atoms with Gasteiger partial charge in [0.25, 0.3) is 0 Å². The summed E-state index contributed by atoms with van der Waals surface area (Å²) in [7, 11) is 1.57. The van der Waals surface area contributed by atoms with Crippen LogP contribution < -0.4 is 4.74 Å². The highest BCUT2D eigenvalue weighted by Gasteiger charge is 2.28. The monoisotopic (exact) mass is 320 g/mol. The molecule has 0 bridgehead atoms. The van der Waals surface area contributed by atoms with Gasteiger partial charge in [0.05, 0.1) is 13.2 Å². The molecule has 1 aliphatic rings. The van der Waals surface area contributed by atoms with Crippen molar-refractivity contribution in [1.82, 2.24) is 4.90 Å².